The first-order valence-electron chi connectivity index (χ1n) is 11.2. The molecule has 1 saturated heterocycles. The van der Waals surface area contributed by atoms with Gasteiger partial charge in [0.25, 0.3) is 17.4 Å². The highest BCUT2D eigenvalue weighted by molar-refractivity contribution is 6.46. The van der Waals surface area contributed by atoms with Crippen LogP contribution in [0.1, 0.15) is 23.6 Å². The van der Waals surface area contributed by atoms with Gasteiger partial charge in [0, 0.05) is 43.2 Å². The molecule has 184 valence electrons. The van der Waals surface area contributed by atoms with Gasteiger partial charge >= 0.3 is 0 Å². The van der Waals surface area contributed by atoms with Crippen molar-refractivity contribution in [1.29, 1.82) is 0 Å². The van der Waals surface area contributed by atoms with Gasteiger partial charge in [-0.15, -0.1) is 0 Å². The van der Waals surface area contributed by atoms with Gasteiger partial charge in [-0.25, -0.2) is 4.98 Å². The molecule has 1 amide bonds. The van der Waals surface area contributed by atoms with E-state index in [0.29, 0.717) is 36.4 Å². The zero-order chi connectivity index (χ0) is 25.7. The van der Waals surface area contributed by atoms with Crippen molar-refractivity contribution in [3.8, 4) is 5.75 Å². The molecule has 10 heteroatoms. The topological polar surface area (TPSA) is 128 Å². The molecule has 0 unspecified atom stereocenters. The Hall–Kier alpha value is -4.73. The number of nitrogens with zero attached hydrogens (tertiary/aromatic N) is 4. The Kier molecular flexibility index (Phi) is 7.24. The average Bonchev–Trinajstić information content (AvgIpc) is 3.50. The molecule has 1 N–H and O–H groups in total. The summed E-state index contributed by atoms with van der Waals surface area (Å²) in [4.78, 5) is 42.4. The van der Waals surface area contributed by atoms with Crippen molar-refractivity contribution in [3.63, 3.8) is 0 Å². The number of Topliss-reactive ketones (excluding diaryl/α,β-unsaturated/α-hetero) is 1. The smallest absolute Gasteiger partial charge is 0.295 e. The summed E-state index contributed by atoms with van der Waals surface area (Å²) in [5, 5.41) is 22.6. The summed E-state index contributed by atoms with van der Waals surface area (Å²) in [7, 11) is 0. The van der Waals surface area contributed by atoms with Crippen LogP contribution in [0.4, 0.5) is 5.69 Å². The van der Waals surface area contributed by atoms with Crippen LogP contribution in [0.5, 0.6) is 5.75 Å². The van der Waals surface area contributed by atoms with Crippen molar-refractivity contribution in [2.45, 2.75) is 19.0 Å². The number of non-ortho nitro benzene ring substituents is 1. The number of aromatic nitrogens is 2. The van der Waals surface area contributed by atoms with Crippen molar-refractivity contribution in [1.82, 2.24) is 14.5 Å². The number of hydrogen-bond donors (Lipinski definition) is 1. The number of aryl methyl sites for hydroxylation is 1. The van der Waals surface area contributed by atoms with E-state index in [2.05, 4.69) is 11.6 Å². The fourth-order valence-corrected chi connectivity index (χ4v) is 4.13. The van der Waals surface area contributed by atoms with E-state index in [1.54, 1.807) is 55.1 Å². The predicted octanol–water partition coefficient (Wildman–Crippen LogP) is 3.87. The summed E-state index contributed by atoms with van der Waals surface area (Å²) in [6, 6.07) is 11.2. The Labute approximate surface area is 206 Å². The van der Waals surface area contributed by atoms with E-state index >= 15 is 0 Å². The number of benzene rings is 2. The second-order valence-corrected chi connectivity index (χ2v) is 8.12. The normalized spacial score (nSPS) is 16.8. The molecule has 2 heterocycles. The van der Waals surface area contributed by atoms with Gasteiger partial charge in [0.05, 0.1) is 22.9 Å². The Morgan fingerprint density at radius 1 is 1.19 bits per heavy atom. The van der Waals surface area contributed by atoms with Crippen LogP contribution in [-0.4, -0.2) is 49.3 Å². The van der Waals surface area contributed by atoms with E-state index in [0.717, 1.165) is 0 Å². The minimum absolute atomic E-state index is 0.122. The van der Waals surface area contributed by atoms with Gasteiger partial charge in [-0.3, -0.25) is 19.7 Å². The quantitative estimate of drug-likeness (QED) is 0.115. The molecule has 0 spiro atoms. The van der Waals surface area contributed by atoms with Crippen LogP contribution in [-0.2, 0) is 16.1 Å². The van der Waals surface area contributed by atoms with E-state index in [1.165, 1.54) is 23.1 Å². The summed E-state index contributed by atoms with van der Waals surface area (Å²) in [5.41, 5.74) is 0.370. The van der Waals surface area contributed by atoms with Crippen LogP contribution in [0, 0.1) is 10.1 Å². The molecular weight excluding hydrogens is 464 g/mol. The minimum Gasteiger partial charge on any atom is -0.507 e. The number of aliphatic hydroxyl groups excluding tert-OH is 1. The number of likely N-dealkylation sites (tertiary alicyclic amines) is 1. The van der Waals surface area contributed by atoms with Crippen molar-refractivity contribution in [3.05, 3.63) is 107 Å². The molecule has 0 radical (unpaired) electrons. The first kappa shape index (κ1) is 24.4. The number of carbonyl (C=O) groups excluding carboxylic acids is 2. The monoisotopic (exact) mass is 488 g/mol. The first-order chi connectivity index (χ1) is 17.4. The van der Waals surface area contributed by atoms with Crippen LogP contribution < -0.4 is 4.74 Å². The second kappa shape index (κ2) is 10.7. The maximum absolute atomic E-state index is 13.1. The number of amides is 1. The van der Waals surface area contributed by atoms with Gasteiger partial charge in [-0.05, 0) is 36.2 Å². The largest absolute Gasteiger partial charge is 0.507 e. The Morgan fingerprint density at radius 2 is 1.97 bits per heavy atom. The molecule has 4 rings (SSSR count). The number of ether oxygens (including phenoxy) is 1. The molecule has 1 aliphatic heterocycles. The lowest BCUT2D eigenvalue weighted by molar-refractivity contribution is -0.384. The number of nitro benzene ring substituents is 1. The van der Waals surface area contributed by atoms with E-state index < -0.39 is 22.7 Å². The molecule has 0 aliphatic carbocycles. The number of hydrogen-bond acceptors (Lipinski definition) is 7. The summed E-state index contributed by atoms with van der Waals surface area (Å²) in [6.45, 7) is 4.65. The highest BCUT2D eigenvalue weighted by Gasteiger charge is 2.46. The number of ketones is 1. The molecule has 1 aromatic heterocycles. The van der Waals surface area contributed by atoms with E-state index in [4.69, 9.17) is 4.74 Å². The average molecular weight is 489 g/mol. The zero-order valence-corrected chi connectivity index (χ0v) is 19.3. The maximum Gasteiger partial charge on any atom is 0.295 e. The van der Waals surface area contributed by atoms with Crippen LogP contribution in [0.2, 0.25) is 0 Å². The number of aliphatic hydroxyl groups is 1. The van der Waals surface area contributed by atoms with Gasteiger partial charge < -0.3 is 19.3 Å². The number of nitro groups is 1. The molecule has 1 aliphatic rings. The predicted molar refractivity (Wildman–Crippen MR) is 131 cm³/mol. The lowest BCUT2D eigenvalue weighted by Gasteiger charge is -2.25. The highest BCUT2D eigenvalue weighted by atomic mass is 16.6. The third-order valence-corrected chi connectivity index (χ3v) is 5.81. The highest BCUT2D eigenvalue weighted by Crippen LogP contribution is 2.40. The van der Waals surface area contributed by atoms with Crippen LogP contribution in [0.3, 0.4) is 0 Å². The Morgan fingerprint density at radius 3 is 2.64 bits per heavy atom. The number of imidazole rings is 1. The second-order valence-electron chi connectivity index (χ2n) is 8.12. The van der Waals surface area contributed by atoms with Gasteiger partial charge in [-0.2, -0.15) is 0 Å². The molecule has 0 bridgehead atoms. The number of rotatable bonds is 10. The van der Waals surface area contributed by atoms with Gasteiger partial charge in [0.1, 0.15) is 18.1 Å². The van der Waals surface area contributed by atoms with Crippen molar-refractivity contribution in [2.24, 2.45) is 0 Å². The summed E-state index contributed by atoms with van der Waals surface area (Å²) in [5.74, 6) is -1.44. The molecule has 2 aromatic carbocycles. The Bertz CT molecular complexity index is 1310. The summed E-state index contributed by atoms with van der Waals surface area (Å²) >= 11 is 0. The van der Waals surface area contributed by atoms with Gasteiger partial charge in [0.2, 0.25) is 0 Å². The van der Waals surface area contributed by atoms with Crippen molar-refractivity contribution >= 4 is 23.1 Å². The molecule has 10 nitrogen and oxygen atoms in total. The third kappa shape index (κ3) is 5.02. The number of carbonyl (C=O) groups is 2. The lowest BCUT2D eigenvalue weighted by atomic mass is 9.95. The third-order valence-electron chi connectivity index (χ3n) is 5.81. The fourth-order valence-electron chi connectivity index (χ4n) is 4.13. The maximum atomic E-state index is 13.1. The van der Waals surface area contributed by atoms with E-state index in [9.17, 15) is 24.8 Å². The lowest BCUT2D eigenvalue weighted by Crippen LogP contribution is -2.31. The van der Waals surface area contributed by atoms with E-state index in [-0.39, 0.29) is 23.6 Å². The minimum atomic E-state index is -0.982. The first-order valence-corrected chi connectivity index (χ1v) is 11.2. The van der Waals surface area contributed by atoms with Gasteiger partial charge in [-0.1, -0.05) is 24.8 Å². The fraction of sp³-hybridized carbons (Fsp3) is 0.192. The molecule has 1 fully saturated rings. The van der Waals surface area contributed by atoms with Crippen molar-refractivity contribution in [2.75, 3.05) is 13.2 Å². The summed E-state index contributed by atoms with van der Waals surface area (Å²) in [6.07, 6.45) is 7.18. The SMILES string of the molecule is C=CCOc1ccc(/C(O)=C2\C(=O)C(=O)N(CCCn3ccnc3)[C@H]2c2cccc([N+](=O)[O-])c2)cc1. The zero-order valence-electron chi connectivity index (χ0n) is 19.3. The Balaban J connectivity index is 1.73. The molecule has 3 aromatic rings. The van der Waals surface area contributed by atoms with Crippen LogP contribution >= 0.6 is 0 Å². The molecule has 36 heavy (non-hydrogen) atoms. The molecular formula is C26H24N4O6. The van der Waals surface area contributed by atoms with Crippen LogP contribution in [0.15, 0.2) is 85.5 Å². The molecule has 1 atom stereocenters. The molecule has 0 saturated carbocycles. The summed E-state index contributed by atoms with van der Waals surface area (Å²) < 4.78 is 7.30. The van der Waals surface area contributed by atoms with Crippen molar-refractivity contribution < 1.29 is 24.4 Å². The van der Waals surface area contributed by atoms with Gasteiger partial charge in [0.15, 0.2) is 0 Å². The van der Waals surface area contributed by atoms with Crippen LogP contribution in [0.25, 0.3) is 5.76 Å². The van der Waals surface area contributed by atoms with E-state index in [1.807, 2.05) is 4.57 Å². The standard InChI is InChI=1S/C26H24N4O6/c1-2-15-36-21-9-7-18(8-10-21)24(31)22-23(19-5-3-6-20(16-19)30(34)35)29(26(33)25(22)32)13-4-12-28-14-11-27-17-28/h2-3,5-11,14,16-17,23,31H,1,4,12-13,15H2/b24-22+/t23-/m0/s1.